The Balaban J connectivity index is 2.01. The van der Waals surface area contributed by atoms with Crippen molar-refractivity contribution in [1.29, 1.82) is 0 Å². The SMILES string of the molecule is NC(=O)C[C@@H](N)C(=O)N1CCC[C@H]2CCCC[C@@H]21. The summed E-state index contributed by atoms with van der Waals surface area (Å²) in [5, 5.41) is 0. The second-order valence-corrected chi connectivity index (χ2v) is 5.56. The minimum absolute atomic E-state index is 0.0489. The number of carbonyl (C=O) groups excluding carboxylic acids is 2. The standard InChI is InChI=1S/C13H23N3O2/c14-10(8-12(15)17)13(18)16-7-3-5-9-4-1-2-6-11(9)16/h9-11H,1-8,14H2,(H2,15,17)/t9-,10-,11+/m1/s1. The van der Waals surface area contributed by atoms with Gasteiger partial charge in [-0.05, 0) is 31.6 Å². The number of piperidine rings is 1. The van der Waals surface area contributed by atoms with Crippen LogP contribution in [0.3, 0.4) is 0 Å². The van der Waals surface area contributed by atoms with Crippen molar-refractivity contribution in [3.05, 3.63) is 0 Å². The van der Waals surface area contributed by atoms with Crippen molar-refractivity contribution in [1.82, 2.24) is 4.90 Å². The van der Waals surface area contributed by atoms with Crippen molar-refractivity contribution in [2.24, 2.45) is 17.4 Å². The molecule has 1 saturated carbocycles. The third kappa shape index (κ3) is 2.83. The van der Waals surface area contributed by atoms with Crippen LogP contribution >= 0.6 is 0 Å². The fourth-order valence-electron chi connectivity index (χ4n) is 3.42. The number of carbonyl (C=O) groups is 2. The van der Waals surface area contributed by atoms with Gasteiger partial charge >= 0.3 is 0 Å². The molecule has 5 nitrogen and oxygen atoms in total. The van der Waals surface area contributed by atoms with Crippen molar-refractivity contribution in [3.8, 4) is 0 Å². The lowest BCUT2D eigenvalue weighted by Gasteiger charge is -2.44. The number of amides is 2. The summed E-state index contributed by atoms with van der Waals surface area (Å²) in [5.41, 5.74) is 10.9. The summed E-state index contributed by atoms with van der Waals surface area (Å²) >= 11 is 0. The van der Waals surface area contributed by atoms with E-state index in [1.807, 2.05) is 4.90 Å². The molecular formula is C13H23N3O2. The number of fused-ring (bicyclic) bond motifs is 1. The van der Waals surface area contributed by atoms with Gasteiger partial charge in [-0.25, -0.2) is 0 Å². The second-order valence-electron chi connectivity index (χ2n) is 5.56. The van der Waals surface area contributed by atoms with Crippen molar-refractivity contribution in [2.45, 2.75) is 57.0 Å². The lowest BCUT2D eigenvalue weighted by atomic mass is 9.78. The Labute approximate surface area is 108 Å². The highest BCUT2D eigenvalue weighted by molar-refractivity contribution is 5.87. The lowest BCUT2D eigenvalue weighted by molar-refractivity contribution is -0.140. The molecule has 18 heavy (non-hydrogen) atoms. The molecule has 0 aromatic carbocycles. The average Bonchev–Trinajstić information content (AvgIpc) is 2.36. The molecule has 2 fully saturated rings. The van der Waals surface area contributed by atoms with Gasteiger partial charge in [0.15, 0.2) is 0 Å². The quantitative estimate of drug-likeness (QED) is 0.761. The van der Waals surface area contributed by atoms with Crippen molar-refractivity contribution < 1.29 is 9.59 Å². The molecule has 2 aliphatic rings. The van der Waals surface area contributed by atoms with Crippen LogP contribution in [0.15, 0.2) is 0 Å². The molecule has 1 saturated heterocycles. The van der Waals surface area contributed by atoms with Gasteiger partial charge in [-0.2, -0.15) is 0 Å². The lowest BCUT2D eigenvalue weighted by Crippen LogP contribution is -2.55. The van der Waals surface area contributed by atoms with E-state index in [0.29, 0.717) is 12.0 Å². The van der Waals surface area contributed by atoms with Crippen LogP contribution in [-0.4, -0.2) is 35.3 Å². The maximum Gasteiger partial charge on any atom is 0.240 e. The largest absolute Gasteiger partial charge is 0.370 e. The molecular weight excluding hydrogens is 230 g/mol. The maximum atomic E-state index is 12.3. The Bertz CT molecular complexity index is 330. The molecule has 102 valence electrons. The van der Waals surface area contributed by atoms with Gasteiger partial charge in [0, 0.05) is 12.6 Å². The number of primary amides is 1. The van der Waals surface area contributed by atoms with E-state index in [1.165, 1.54) is 25.7 Å². The van der Waals surface area contributed by atoms with Crippen LogP contribution in [0, 0.1) is 5.92 Å². The zero-order valence-electron chi connectivity index (χ0n) is 10.8. The first kappa shape index (κ1) is 13.3. The molecule has 2 rings (SSSR count). The third-order valence-electron chi connectivity index (χ3n) is 4.26. The molecule has 0 spiro atoms. The minimum atomic E-state index is -0.761. The van der Waals surface area contributed by atoms with Crippen molar-refractivity contribution >= 4 is 11.8 Å². The first-order chi connectivity index (χ1) is 8.59. The highest BCUT2D eigenvalue weighted by Gasteiger charge is 2.37. The van der Waals surface area contributed by atoms with Crippen LogP contribution < -0.4 is 11.5 Å². The minimum Gasteiger partial charge on any atom is -0.370 e. The predicted molar refractivity (Wildman–Crippen MR) is 68.5 cm³/mol. The van der Waals surface area contributed by atoms with Gasteiger partial charge in [0.1, 0.15) is 0 Å². The second kappa shape index (κ2) is 5.69. The van der Waals surface area contributed by atoms with Gasteiger partial charge in [0.25, 0.3) is 0 Å². The van der Waals surface area contributed by atoms with E-state index in [2.05, 4.69) is 0 Å². The number of nitrogens with two attached hydrogens (primary N) is 2. The summed E-state index contributed by atoms with van der Waals surface area (Å²) in [5.74, 6) is 0.0377. The Morgan fingerprint density at radius 1 is 1.17 bits per heavy atom. The Morgan fingerprint density at radius 3 is 2.56 bits per heavy atom. The first-order valence-electron chi connectivity index (χ1n) is 6.94. The van der Waals surface area contributed by atoms with Crippen LogP contribution in [0.1, 0.15) is 44.9 Å². The molecule has 0 aromatic heterocycles. The molecule has 1 aliphatic heterocycles. The molecule has 2 amide bonds. The van der Waals surface area contributed by atoms with Gasteiger partial charge in [0.2, 0.25) is 11.8 Å². The van der Waals surface area contributed by atoms with Crippen molar-refractivity contribution in [2.75, 3.05) is 6.54 Å². The topological polar surface area (TPSA) is 89.4 Å². The van der Waals surface area contributed by atoms with Crippen LogP contribution in [0.25, 0.3) is 0 Å². The van der Waals surface area contributed by atoms with Gasteiger partial charge < -0.3 is 16.4 Å². The Hall–Kier alpha value is -1.10. The van der Waals surface area contributed by atoms with Crippen LogP contribution in [0.5, 0.6) is 0 Å². The van der Waals surface area contributed by atoms with E-state index in [1.54, 1.807) is 0 Å². The van der Waals surface area contributed by atoms with Crippen molar-refractivity contribution in [3.63, 3.8) is 0 Å². The van der Waals surface area contributed by atoms with Gasteiger partial charge in [-0.15, -0.1) is 0 Å². The summed E-state index contributed by atoms with van der Waals surface area (Å²) in [6.45, 7) is 0.784. The number of nitrogens with zero attached hydrogens (tertiary/aromatic N) is 1. The van der Waals surface area contributed by atoms with E-state index in [-0.39, 0.29) is 12.3 Å². The highest BCUT2D eigenvalue weighted by atomic mass is 16.2. The van der Waals surface area contributed by atoms with E-state index in [0.717, 1.165) is 19.4 Å². The molecule has 1 aliphatic carbocycles. The molecule has 0 bridgehead atoms. The number of rotatable bonds is 3. The zero-order chi connectivity index (χ0) is 13.1. The zero-order valence-corrected chi connectivity index (χ0v) is 10.8. The fraction of sp³-hybridized carbons (Fsp3) is 0.846. The van der Waals surface area contributed by atoms with E-state index in [9.17, 15) is 9.59 Å². The monoisotopic (exact) mass is 253 g/mol. The summed E-state index contributed by atoms with van der Waals surface area (Å²) in [7, 11) is 0. The van der Waals surface area contributed by atoms with Crippen LogP contribution in [0.2, 0.25) is 0 Å². The van der Waals surface area contributed by atoms with Crippen LogP contribution in [-0.2, 0) is 9.59 Å². The smallest absolute Gasteiger partial charge is 0.240 e. The van der Waals surface area contributed by atoms with Gasteiger partial charge in [0.05, 0.1) is 12.5 Å². The summed E-state index contributed by atoms with van der Waals surface area (Å²) in [4.78, 5) is 25.1. The predicted octanol–water partition coefficient (Wildman–Crippen LogP) is 0.370. The number of hydrogen-bond donors (Lipinski definition) is 2. The molecule has 0 aromatic rings. The Kier molecular flexibility index (Phi) is 4.22. The number of likely N-dealkylation sites (tertiary alicyclic amines) is 1. The summed E-state index contributed by atoms with van der Waals surface area (Å²) in [6, 6.07) is -0.415. The third-order valence-corrected chi connectivity index (χ3v) is 4.26. The van der Waals surface area contributed by atoms with Crippen LogP contribution in [0.4, 0.5) is 0 Å². The average molecular weight is 253 g/mol. The normalized spacial score (nSPS) is 29.5. The fourth-order valence-corrected chi connectivity index (χ4v) is 3.42. The molecule has 3 atom stereocenters. The first-order valence-corrected chi connectivity index (χ1v) is 6.94. The van der Waals surface area contributed by atoms with E-state index in [4.69, 9.17) is 11.5 Å². The Morgan fingerprint density at radius 2 is 1.83 bits per heavy atom. The molecule has 0 radical (unpaired) electrons. The van der Waals surface area contributed by atoms with Gasteiger partial charge in [-0.1, -0.05) is 12.8 Å². The molecule has 0 unspecified atom stereocenters. The summed E-state index contributed by atoms with van der Waals surface area (Å²) in [6.07, 6.45) is 6.99. The summed E-state index contributed by atoms with van der Waals surface area (Å²) < 4.78 is 0. The van der Waals surface area contributed by atoms with E-state index >= 15 is 0 Å². The number of hydrogen-bond acceptors (Lipinski definition) is 3. The highest BCUT2D eigenvalue weighted by Crippen LogP contribution is 2.35. The molecule has 4 N–H and O–H groups in total. The molecule has 5 heteroatoms. The molecule has 1 heterocycles. The maximum absolute atomic E-state index is 12.3. The van der Waals surface area contributed by atoms with Gasteiger partial charge in [-0.3, -0.25) is 9.59 Å². The van der Waals surface area contributed by atoms with E-state index < -0.39 is 11.9 Å².